The third kappa shape index (κ3) is 3.48. The van der Waals surface area contributed by atoms with Crippen molar-refractivity contribution < 1.29 is 9.90 Å². The number of aromatic carboxylic acids is 1. The quantitative estimate of drug-likeness (QED) is 0.830. The van der Waals surface area contributed by atoms with Crippen molar-refractivity contribution in [2.45, 2.75) is 13.0 Å². The number of nitrogens with zero attached hydrogens (tertiary/aromatic N) is 2. The van der Waals surface area contributed by atoms with E-state index < -0.39 is 5.97 Å². The molecule has 0 heterocycles. The Balaban J connectivity index is 2.08. The molecule has 4 nitrogen and oxygen atoms in total. The first-order chi connectivity index (χ1) is 9.16. The lowest BCUT2D eigenvalue weighted by molar-refractivity contribution is 0.0697. The number of hydrogen-bond acceptors (Lipinski definition) is 3. The van der Waals surface area contributed by atoms with Gasteiger partial charge in [-0.2, -0.15) is 10.2 Å². The third-order valence-corrected chi connectivity index (χ3v) is 2.74. The minimum Gasteiger partial charge on any atom is -0.478 e. The fraction of sp³-hybridized carbons (Fsp3) is 0.133. The highest BCUT2D eigenvalue weighted by Gasteiger charge is 2.03. The highest BCUT2D eigenvalue weighted by Crippen LogP contribution is 2.20. The lowest BCUT2D eigenvalue weighted by atomic mass is 10.1. The lowest BCUT2D eigenvalue weighted by Gasteiger charge is -2.04. The van der Waals surface area contributed by atoms with E-state index in [9.17, 15) is 4.79 Å². The van der Waals surface area contributed by atoms with Crippen molar-refractivity contribution in [3.8, 4) is 0 Å². The van der Waals surface area contributed by atoms with E-state index >= 15 is 0 Å². The first-order valence-electron chi connectivity index (χ1n) is 5.96. The van der Waals surface area contributed by atoms with Crippen molar-refractivity contribution in [1.82, 2.24) is 0 Å². The van der Waals surface area contributed by atoms with Gasteiger partial charge in [-0.3, -0.25) is 0 Å². The van der Waals surface area contributed by atoms with Crippen LogP contribution in [-0.4, -0.2) is 11.1 Å². The average molecular weight is 254 g/mol. The topological polar surface area (TPSA) is 62.0 Å². The zero-order valence-electron chi connectivity index (χ0n) is 10.5. The van der Waals surface area contributed by atoms with Gasteiger partial charge < -0.3 is 5.11 Å². The Kier molecular flexibility index (Phi) is 4.03. The minimum atomic E-state index is -0.943. The maximum atomic E-state index is 10.7. The van der Waals surface area contributed by atoms with Gasteiger partial charge >= 0.3 is 5.97 Å². The van der Waals surface area contributed by atoms with Gasteiger partial charge in [0.2, 0.25) is 0 Å². The van der Waals surface area contributed by atoms with Crippen molar-refractivity contribution in [2.75, 3.05) is 0 Å². The summed E-state index contributed by atoms with van der Waals surface area (Å²) in [7, 11) is 0. The van der Waals surface area contributed by atoms with Crippen molar-refractivity contribution in [1.29, 1.82) is 0 Å². The molecular weight excluding hydrogens is 240 g/mol. The molecule has 1 unspecified atom stereocenters. The summed E-state index contributed by atoms with van der Waals surface area (Å²) in [6.45, 7) is 1.96. The average Bonchev–Trinajstić information content (AvgIpc) is 2.46. The van der Waals surface area contributed by atoms with Gasteiger partial charge in [0.15, 0.2) is 0 Å². The zero-order valence-corrected chi connectivity index (χ0v) is 10.5. The number of rotatable bonds is 4. The van der Waals surface area contributed by atoms with Crippen molar-refractivity contribution in [3.05, 3.63) is 65.7 Å². The van der Waals surface area contributed by atoms with Crippen LogP contribution in [0.2, 0.25) is 0 Å². The van der Waals surface area contributed by atoms with Gasteiger partial charge in [-0.25, -0.2) is 4.79 Å². The number of hydrogen-bond donors (Lipinski definition) is 1. The van der Waals surface area contributed by atoms with Gasteiger partial charge in [0, 0.05) is 0 Å². The van der Waals surface area contributed by atoms with Crippen LogP contribution >= 0.6 is 0 Å². The Morgan fingerprint density at radius 1 is 1.05 bits per heavy atom. The Morgan fingerprint density at radius 2 is 1.68 bits per heavy atom. The van der Waals surface area contributed by atoms with E-state index in [4.69, 9.17) is 5.11 Å². The van der Waals surface area contributed by atoms with Crippen LogP contribution in [0.1, 0.15) is 28.9 Å². The monoisotopic (exact) mass is 254 g/mol. The smallest absolute Gasteiger partial charge is 0.335 e. The Hall–Kier alpha value is -2.49. The van der Waals surface area contributed by atoms with E-state index in [0.29, 0.717) is 5.69 Å². The molecule has 2 aromatic rings. The van der Waals surface area contributed by atoms with Crippen LogP contribution in [0, 0.1) is 0 Å². The lowest BCUT2D eigenvalue weighted by Crippen LogP contribution is -1.94. The van der Waals surface area contributed by atoms with E-state index in [1.807, 2.05) is 37.3 Å². The second kappa shape index (κ2) is 5.91. The molecule has 0 radical (unpaired) electrons. The molecule has 4 heteroatoms. The summed E-state index contributed by atoms with van der Waals surface area (Å²) >= 11 is 0. The maximum Gasteiger partial charge on any atom is 0.335 e. The molecule has 0 bridgehead atoms. The van der Waals surface area contributed by atoms with Gasteiger partial charge in [-0.15, -0.1) is 0 Å². The summed E-state index contributed by atoms with van der Waals surface area (Å²) in [6.07, 6.45) is 0. The van der Waals surface area contributed by atoms with Gasteiger partial charge in [-0.1, -0.05) is 30.3 Å². The summed E-state index contributed by atoms with van der Waals surface area (Å²) in [4.78, 5) is 10.7. The molecule has 0 fully saturated rings. The molecule has 96 valence electrons. The number of benzene rings is 2. The van der Waals surface area contributed by atoms with E-state index in [1.54, 1.807) is 12.1 Å². The predicted molar refractivity (Wildman–Crippen MR) is 72.8 cm³/mol. The van der Waals surface area contributed by atoms with Crippen LogP contribution in [0.15, 0.2) is 64.8 Å². The fourth-order valence-corrected chi connectivity index (χ4v) is 1.62. The van der Waals surface area contributed by atoms with Crippen molar-refractivity contribution in [2.24, 2.45) is 10.2 Å². The van der Waals surface area contributed by atoms with Gasteiger partial charge in [0.1, 0.15) is 0 Å². The zero-order chi connectivity index (χ0) is 13.7. The number of carboxylic acids is 1. The van der Waals surface area contributed by atoms with E-state index in [0.717, 1.165) is 5.56 Å². The first kappa shape index (κ1) is 13.0. The van der Waals surface area contributed by atoms with Crippen molar-refractivity contribution in [3.63, 3.8) is 0 Å². The van der Waals surface area contributed by atoms with Crippen LogP contribution in [0.25, 0.3) is 0 Å². The number of azo groups is 1. The number of carbonyl (C=O) groups is 1. The second-order valence-electron chi connectivity index (χ2n) is 4.15. The molecule has 0 saturated heterocycles. The molecule has 0 aliphatic heterocycles. The summed E-state index contributed by atoms with van der Waals surface area (Å²) < 4.78 is 0. The van der Waals surface area contributed by atoms with E-state index in [1.165, 1.54) is 12.1 Å². The molecule has 2 rings (SSSR count). The first-order valence-corrected chi connectivity index (χ1v) is 5.96. The minimum absolute atomic E-state index is 0.0275. The molecule has 1 atom stereocenters. The van der Waals surface area contributed by atoms with E-state index in [2.05, 4.69) is 10.2 Å². The summed E-state index contributed by atoms with van der Waals surface area (Å²) in [5.41, 5.74) is 1.98. The molecule has 19 heavy (non-hydrogen) atoms. The third-order valence-electron chi connectivity index (χ3n) is 2.74. The molecule has 0 spiro atoms. The van der Waals surface area contributed by atoms with E-state index in [-0.39, 0.29) is 11.6 Å². The van der Waals surface area contributed by atoms with Crippen LogP contribution in [0.5, 0.6) is 0 Å². The summed E-state index contributed by atoms with van der Waals surface area (Å²) in [5.74, 6) is -0.943. The molecule has 0 saturated carbocycles. The standard InChI is InChI=1S/C15H14N2O2/c1-11(12-5-3-2-4-6-12)16-17-14-9-7-13(8-10-14)15(18)19/h2-11H,1H3,(H,18,19). The predicted octanol–water partition coefficient (Wildman–Crippen LogP) is 4.23. The summed E-state index contributed by atoms with van der Waals surface area (Å²) in [6, 6.07) is 16.2. The van der Waals surface area contributed by atoms with Gasteiger partial charge in [0.05, 0.1) is 17.3 Å². The maximum absolute atomic E-state index is 10.7. The fourth-order valence-electron chi connectivity index (χ4n) is 1.62. The molecular formula is C15H14N2O2. The Bertz CT molecular complexity index is 577. The highest BCUT2D eigenvalue weighted by molar-refractivity contribution is 5.87. The van der Waals surface area contributed by atoms with Gasteiger partial charge in [-0.05, 0) is 36.8 Å². The van der Waals surface area contributed by atoms with Crippen LogP contribution in [0.4, 0.5) is 5.69 Å². The second-order valence-corrected chi connectivity index (χ2v) is 4.15. The number of carboxylic acid groups (broad SMARTS) is 1. The molecule has 0 aliphatic carbocycles. The Morgan fingerprint density at radius 3 is 2.26 bits per heavy atom. The molecule has 0 amide bonds. The Labute approximate surface area is 111 Å². The van der Waals surface area contributed by atoms with Gasteiger partial charge in [0.25, 0.3) is 0 Å². The highest BCUT2D eigenvalue weighted by atomic mass is 16.4. The molecule has 2 aromatic carbocycles. The normalized spacial score (nSPS) is 12.5. The van der Waals surface area contributed by atoms with Crippen LogP contribution in [0.3, 0.4) is 0 Å². The van der Waals surface area contributed by atoms with Crippen LogP contribution < -0.4 is 0 Å². The SMILES string of the molecule is CC(N=Nc1ccc(C(=O)O)cc1)c1ccccc1. The van der Waals surface area contributed by atoms with Crippen LogP contribution in [-0.2, 0) is 0 Å². The largest absolute Gasteiger partial charge is 0.478 e. The summed E-state index contributed by atoms with van der Waals surface area (Å²) in [5, 5.41) is 17.1. The molecule has 0 aliphatic rings. The molecule has 0 aromatic heterocycles. The van der Waals surface area contributed by atoms with Crippen molar-refractivity contribution >= 4 is 11.7 Å². The molecule has 1 N–H and O–H groups in total.